The summed E-state index contributed by atoms with van der Waals surface area (Å²) in [6, 6.07) is 8.26. The van der Waals surface area contributed by atoms with Crippen molar-refractivity contribution >= 4 is 6.08 Å². The highest BCUT2D eigenvalue weighted by Crippen LogP contribution is 2.05. The van der Waals surface area contributed by atoms with Crippen molar-refractivity contribution in [1.82, 2.24) is 0 Å². The summed E-state index contributed by atoms with van der Waals surface area (Å²) < 4.78 is 4.81. The average molecular weight is 148 g/mol. The lowest BCUT2D eigenvalue weighted by atomic mass is 10.1. The zero-order valence-corrected chi connectivity index (χ0v) is 6.87. The van der Waals surface area contributed by atoms with Crippen LogP contribution in [0, 0.1) is 6.92 Å². The Morgan fingerprint density at radius 2 is 2.18 bits per heavy atom. The molecule has 58 valence electrons. The topological polar surface area (TPSA) is 9.23 Å². The third-order valence-electron chi connectivity index (χ3n) is 1.44. The van der Waals surface area contributed by atoms with E-state index in [1.807, 2.05) is 18.2 Å². The molecule has 0 radical (unpaired) electrons. The highest BCUT2D eigenvalue weighted by atomic mass is 16.5. The molecular weight excluding hydrogens is 136 g/mol. The van der Waals surface area contributed by atoms with Gasteiger partial charge in [0.15, 0.2) is 0 Å². The summed E-state index contributed by atoms with van der Waals surface area (Å²) in [6.45, 7) is 2.07. The Hall–Kier alpha value is -1.24. The van der Waals surface area contributed by atoms with E-state index >= 15 is 0 Å². The lowest BCUT2D eigenvalue weighted by molar-refractivity contribution is 0.341. The quantitative estimate of drug-likeness (QED) is 0.586. The van der Waals surface area contributed by atoms with Crippen LogP contribution in [0.4, 0.5) is 0 Å². The molecule has 1 rings (SSSR count). The number of aryl methyl sites for hydroxylation is 1. The van der Waals surface area contributed by atoms with Crippen molar-refractivity contribution in [3.8, 4) is 0 Å². The van der Waals surface area contributed by atoms with Crippen LogP contribution in [0.25, 0.3) is 6.08 Å². The van der Waals surface area contributed by atoms with E-state index in [0.29, 0.717) is 0 Å². The molecule has 0 saturated carbocycles. The maximum Gasteiger partial charge on any atom is 0.0830 e. The molecule has 0 bridgehead atoms. The van der Waals surface area contributed by atoms with Gasteiger partial charge in [-0.15, -0.1) is 0 Å². The highest BCUT2D eigenvalue weighted by molar-refractivity contribution is 5.48. The second-order valence-corrected chi connectivity index (χ2v) is 2.45. The second-order valence-electron chi connectivity index (χ2n) is 2.45. The summed E-state index contributed by atoms with van der Waals surface area (Å²) >= 11 is 0. The summed E-state index contributed by atoms with van der Waals surface area (Å²) in [5, 5.41) is 0. The van der Waals surface area contributed by atoms with Gasteiger partial charge in [-0.05, 0) is 18.6 Å². The molecule has 0 aromatic heterocycles. The lowest BCUT2D eigenvalue weighted by Crippen LogP contribution is -1.74. The standard InChI is InChI=1S/C10H12O/c1-9-4-3-5-10(8-9)6-7-11-2/h3-8H,1-2H3. The normalized spacial score (nSPS) is 10.4. The molecule has 0 atom stereocenters. The number of benzene rings is 1. The molecule has 0 saturated heterocycles. The molecule has 0 spiro atoms. The summed E-state index contributed by atoms with van der Waals surface area (Å²) in [5.41, 5.74) is 2.44. The fourth-order valence-corrected chi connectivity index (χ4v) is 0.920. The summed E-state index contributed by atoms with van der Waals surface area (Å²) in [5.74, 6) is 0. The van der Waals surface area contributed by atoms with Crippen molar-refractivity contribution < 1.29 is 4.74 Å². The molecule has 1 heteroatoms. The fraction of sp³-hybridized carbons (Fsp3) is 0.200. The van der Waals surface area contributed by atoms with Crippen LogP contribution in [-0.4, -0.2) is 7.11 Å². The SMILES string of the molecule is COC=Cc1cccc(C)c1. The van der Waals surface area contributed by atoms with E-state index in [2.05, 4.69) is 19.1 Å². The predicted molar refractivity (Wildman–Crippen MR) is 47.2 cm³/mol. The third-order valence-corrected chi connectivity index (χ3v) is 1.44. The first kappa shape index (κ1) is 7.86. The largest absolute Gasteiger partial charge is 0.504 e. The van der Waals surface area contributed by atoms with Crippen LogP contribution in [-0.2, 0) is 4.74 Å². The van der Waals surface area contributed by atoms with E-state index in [0.717, 1.165) is 0 Å². The van der Waals surface area contributed by atoms with Crippen molar-refractivity contribution in [2.75, 3.05) is 7.11 Å². The van der Waals surface area contributed by atoms with Gasteiger partial charge in [-0.2, -0.15) is 0 Å². The molecule has 11 heavy (non-hydrogen) atoms. The van der Waals surface area contributed by atoms with Crippen LogP contribution < -0.4 is 0 Å². The molecule has 0 aliphatic heterocycles. The van der Waals surface area contributed by atoms with Crippen molar-refractivity contribution in [2.24, 2.45) is 0 Å². The van der Waals surface area contributed by atoms with Crippen LogP contribution in [0.3, 0.4) is 0 Å². The Morgan fingerprint density at radius 1 is 1.36 bits per heavy atom. The zero-order valence-electron chi connectivity index (χ0n) is 6.87. The first-order chi connectivity index (χ1) is 5.33. The Morgan fingerprint density at radius 3 is 2.82 bits per heavy atom. The number of hydrogen-bond acceptors (Lipinski definition) is 1. The van der Waals surface area contributed by atoms with E-state index < -0.39 is 0 Å². The van der Waals surface area contributed by atoms with Gasteiger partial charge in [0.25, 0.3) is 0 Å². The summed E-state index contributed by atoms with van der Waals surface area (Å²) in [6.07, 6.45) is 3.61. The molecular formula is C10H12O. The average Bonchev–Trinajstić information content (AvgIpc) is 2.01. The van der Waals surface area contributed by atoms with E-state index in [1.165, 1.54) is 11.1 Å². The maximum atomic E-state index is 4.81. The van der Waals surface area contributed by atoms with Gasteiger partial charge in [0, 0.05) is 0 Å². The van der Waals surface area contributed by atoms with Gasteiger partial charge in [-0.1, -0.05) is 29.8 Å². The summed E-state index contributed by atoms with van der Waals surface area (Å²) in [4.78, 5) is 0. The van der Waals surface area contributed by atoms with Gasteiger partial charge in [0.05, 0.1) is 13.4 Å². The Balaban J connectivity index is 2.79. The van der Waals surface area contributed by atoms with Gasteiger partial charge in [-0.3, -0.25) is 0 Å². The van der Waals surface area contributed by atoms with Crippen LogP contribution in [0.15, 0.2) is 30.5 Å². The monoisotopic (exact) mass is 148 g/mol. The molecule has 1 nitrogen and oxygen atoms in total. The molecule has 0 N–H and O–H groups in total. The van der Waals surface area contributed by atoms with Gasteiger partial charge < -0.3 is 4.74 Å². The van der Waals surface area contributed by atoms with E-state index in [9.17, 15) is 0 Å². The number of ether oxygens (including phenoxy) is 1. The van der Waals surface area contributed by atoms with Crippen LogP contribution in [0.5, 0.6) is 0 Å². The highest BCUT2D eigenvalue weighted by Gasteiger charge is 1.85. The third kappa shape index (κ3) is 2.46. The van der Waals surface area contributed by atoms with Crippen molar-refractivity contribution in [3.63, 3.8) is 0 Å². The first-order valence-electron chi connectivity index (χ1n) is 3.59. The second kappa shape index (κ2) is 3.81. The van der Waals surface area contributed by atoms with Crippen LogP contribution in [0.2, 0.25) is 0 Å². The molecule has 0 unspecified atom stereocenters. The Kier molecular flexibility index (Phi) is 2.73. The summed E-state index contributed by atoms with van der Waals surface area (Å²) in [7, 11) is 1.65. The van der Waals surface area contributed by atoms with Gasteiger partial charge in [0.1, 0.15) is 0 Å². The van der Waals surface area contributed by atoms with Gasteiger partial charge in [-0.25, -0.2) is 0 Å². The number of methoxy groups -OCH3 is 1. The number of rotatable bonds is 2. The van der Waals surface area contributed by atoms with Gasteiger partial charge in [0.2, 0.25) is 0 Å². The van der Waals surface area contributed by atoms with Crippen molar-refractivity contribution in [3.05, 3.63) is 41.7 Å². The maximum absolute atomic E-state index is 4.81. The minimum atomic E-state index is 1.17. The van der Waals surface area contributed by atoms with Crippen molar-refractivity contribution in [2.45, 2.75) is 6.92 Å². The van der Waals surface area contributed by atoms with Crippen molar-refractivity contribution in [1.29, 1.82) is 0 Å². The lowest BCUT2D eigenvalue weighted by Gasteiger charge is -1.94. The number of hydrogen-bond donors (Lipinski definition) is 0. The van der Waals surface area contributed by atoms with E-state index in [4.69, 9.17) is 4.74 Å². The molecule has 1 aromatic carbocycles. The predicted octanol–water partition coefficient (Wildman–Crippen LogP) is 2.61. The molecule has 0 aliphatic carbocycles. The fourth-order valence-electron chi connectivity index (χ4n) is 0.920. The van der Waals surface area contributed by atoms with Crippen LogP contribution in [0.1, 0.15) is 11.1 Å². The van der Waals surface area contributed by atoms with E-state index in [1.54, 1.807) is 13.4 Å². The minimum absolute atomic E-state index is 1.17. The molecule has 1 aromatic rings. The van der Waals surface area contributed by atoms with Gasteiger partial charge >= 0.3 is 0 Å². The Labute approximate surface area is 67.3 Å². The first-order valence-corrected chi connectivity index (χ1v) is 3.59. The molecule has 0 amide bonds. The Bertz CT molecular complexity index is 251. The minimum Gasteiger partial charge on any atom is -0.504 e. The smallest absolute Gasteiger partial charge is 0.0830 e. The zero-order chi connectivity index (χ0) is 8.10. The molecule has 0 fully saturated rings. The molecule has 0 aliphatic rings. The molecule has 0 heterocycles. The van der Waals surface area contributed by atoms with Crippen LogP contribution >= 0.6 is 0 Å². The van der Waals surface area contributed by atoms with E-state index in [-0.39, 0.29) is 0 Å².